The van der Waals surface area contributed by atoms with Gasteiger partial charge in [-0.2, -0.15) is 0 Å². The van der Waals surface area contributed by atoms with E-state index in [9.17, 15) is 0 Å². The second-order valence-electron chi connectivity index (χ2n) is 17.9. The summed E-state index contributed by atoms with van der Waals surface area (Å²) in [5, 5.41) is 0. The molecule has 0 bridgehead atoms. The van der Waals surface area contributed by atoms with Gasteiger partial charge in [-0.05, 0) is 195 Å². The van der Waals surface area contributed by atoms with Crippen molar-refractivity contribution in [3.05, 3.63) is 0 Å². The van der Waals surface area contributed by atoms with Crippen LogP contribution >= 0.6 is 0 Å². The lowest BCUT2D eigenvalue weighted by Crippen LogP contribution is -2.74. The second-order valence-corrected chi connectivity index (χ2v) is 17.9. The minimum Gasteiger partial charge on any atom is -0.369 e. The summed E-state index contributed by atoms with van der Waals surface area (Å²) in [7, 11) is 0. The number of fused-ring (bicyclic) bond motifs is 6. The average Bonchev–Trinajstić information content (AvgIpc) is 3.76. The Morgan fingerprint density at radius 3 is 1.54 bits per heavy atom. The first kappa shape index (κ1) is 20.8. The molecule has 0 spiro atoms. The molecule has 22 unspecified atom stereocenters. The number of epoxide rings is 1. The van der Waals surface area contributed by atoms with E-state index in [1.807, 2.05) is 0 Å². The van der Waals surface area contributed by atoms with Crippen LogP contribution in [0.1, 0.15) is 89.9 Å². The molecule has 37 heavy (non-hydrogen) atoms. The lowest BCUT2D eigenvalue weighted by Gasteiger charge is -2.78. The van der Waals surface area contributed by atoms with Gasteiger partial charge in [-0.25, -0.2) is 0 Å². The summed E-state index contributed by atoms with van der Waals surface area (Å²) >= 11 is 0. The van der Waals surface area contributed by atoms with Gasteiger partial charge in [-0.3, -0.25) is 0 Å². The smallest absolute Gasteiger partial charge is 0.0875 e. The van der Waals surface area contributed by atoms with Crippen LogP contribution in [0.3, 0.4) is 0 Å². The van der Waals surface area contributed by atoms with Crippen LogP contribution in [0.4, 0.5) is 0 Å². The van der Waals surface area contributed by atoms with E-state index >= 15 is 0 Å². The Balaban J connectivity index is 1.11. The van der Waals surface area contributed by atoms with E-state index in [0.717, 1.165) is 89.1 Å². The Kier molecular flexibility index (Phi) is 3.77. The van der Waals surface area contributed by atoms with Crippen LogP contribution in [-0.2, 0) is 4.74 Å². The van der Waals surface area contributed by atoms with Gasteiger partial charge >= 0.3 is 0 Å². The second kappa shape index (κ2) is 6.71. The Labute approximate surface area is 225 Å². The Bertz CT molecular complexity index is 1030. The van der Waals surface area contributed by atoms with E-state index in [0.29, 0.717) is 0 Å². The molecule has 12 rings (SSSR count). The molecule has 1 heteroatoms. The maximum atomic E-state index is 6.85. The van der Waals surface area contributed by atoms with Crippen molar-refractivity contribution in [2.75, 3.05) is 0 Å². The molecule has 200 valence electrons. The summed E-state index contributed by atoms with van der Waals surface area (Å²) in [6.07, 6.45) is 24.2. The van der Waals surface area contributed by atoms with E-state index in [4.69, 9.17) is 4.74 Å². The van der Waals surface area contributed by atoms with Crippen LogP contribution < -0.4 is 0 Å². The predicted octanol–water partition coefficient (Wildman–Crippen LogP) is 7.69. The third-order valence-corrected chi connectivity index (χ3v) is 18.1. The van der Waals surface area contributed by atoms with Gasteiger partial charge in [0.25, 0.3) is 0 Å². The van der Waals surface area contributed by atoms with Crippen LogP contribution in [0.25, 0.3) is 0 Å². The first-order chi connectivity index (χ1) is 18.4. The standard InChI is InChI=1S/C36H50O/c1-2-4-20-19(3-1)21-11-9-15-5-7-17-13-18-8-6-16-10-12-22-30-26(16)28(18)33-27(17)25(15)29(21)31-23(20)14-24(32(30)34(31)33)36-35(22)37-36/h15-36H,1-14H2. The molecule has 0 aromatic rings. The highest BCUT2D eigenvalue weighted by molar-refractivity contribution is 5.25. The fraction of sp³-hybridized carbons (Fsp3) is 1.00. The van der Waals surface area contributed by atoms with Crippen molar-refractivity contribution < 1.29 is 4.74 Å². The van der Waals surface area contributed by atoms with E-state index < -0.39 is 0 Å². The van der Waals surface area contributed by atoms with E-state index in [2.05, 4.69) is 0 Å². The van der Waals surface area contributed by atoms with Crippen LogP contribution in [0.2, 0.25) is 0 Å². The zero-order valence-corrected chi connectivity index (χ0v) is 23.0. The van der Waals surface area contributed by atoms with Crippen molar-refractivity contribution in [2.24, 2.45) is 118 Å². The number of ether oxygens (including phenoxy) is 1. The zero-order valence-electron chi connectivity index (χ0n) is 23.0. The van der Waals surface area contributed by atoms with E-state index in [-0.39, 0.29) is 0 Å². The highest BCUT2D eigenvalue weighted by atomic mass is 16.6. The summed E-state index contributed by atoms with van der Waals surface area (Å²) in [4.78, 5) is 0. The fourth-order valence-corrected chi connectivity index (χ4v) is 18.2. The van der Waals surface area contributed by atoms with Gasteiger partial charge < -0.3 is 4.74 Å². The molecule has 22 atom stereocenters. The van der Waals surface area contributed by atoms with E-state index in [1.165, 1.54) is 41.4 Å². The molecule has 11 saturated carbocycles. The van der Waals surface area contributed by atoms with Crippen LogP contribution in [0.15, 0.2) is 0 Å². The quantitative estimate of drug-likeness (QED) is 0.312. The fourth-order valence-electron chi connectivity index (χ4n) is 18.2. The lowest BCUT2D eigenvalue weighted by molar-refractivity contribution is -0.308. The molecular weight excluding hydrogens is 448 g/mol. The van der Waals surface area contributed by atoms with Gasteiger partial charge in [-0.1, -0.05) is 12.8 Å². The summed E-state index contributed by atoms with van der Waals surface area (Å²) < 4.78 is 6.85. The van der Waals surface area contributed by atoms with Crippen LogP contribution in [0.5, 0.6) is 0 Å². The average molecular weight is 499 g/mol. The van der Waals surface area contributed by atoms with E-state index in [1.54, 1.807) is 89.9 Å². The zero-order chi connectivity index (χ0) is 23.3. The van der Waals surface area contributed by atoms with Crippen molar-refractivity contribution in [2.45, 2.75) is 102 Å². The normalized spacial score (nSPS) is 73.9. The van der Waals surface area contributed by atoms with Crippen molar-refractivity contribution in [1.29, 1.82) is 0 Å². The SMILES string of the molecule is C1CCC2C(C1)C1CCC3CCC4CC5CCC6CCC7C8OC8C8CC2C2C1C3C4C1C5C6C7C8C21. The summed E-state index contributed by atoms with van der Waals surface area (Å²) in [6.45, 7) is 0. The molecule has 0 aromatic heterocycles. The number of rotatable bonds is 0. The van der Waals surface area contributed by atoms with Gasteiger partial charge in [-0.15, -0.1) is 0 Å². The summed E-state index contributed by atoms with van der Waals surface area (Å²) in [5.41, 5.74) is 0. The first-order valence-corrected chi connectivity index (χ1v) is 18.0. The van der Waals surface area contributed by atoms with Gasteiger partial charge in [0.15, 0.2) is 0 Å². The summed E-state index contributed by atoms with van der Waals surface area (Å²) in [6, 6.07) is 0. The third kappa shape index (κ3) is 2.21. The van der Waals surface area contributed by atoms with Crippen molar-refractivity contribution in [3.63, 3.8) is 0 Å². The maximum Gasteiger partial charge on any atom is 0.0875 e. The minimum absolute atomic E-state index is 0.723. The minimum atomic E-state index is 0.723. The lowest BCUT2D eigenvalue weighted by atomic mass is 9.26. The molecule has 0 aromatic carbocycles. The topological polar surface area (TPSA) is 12.5 Å². The number of hydrogen-bond acceptors (Lipinski definition) is 1. The van der Waals surface area contributed by atoms with Crippen LogP contribution in [-0.4, -0.2) is 12.2 Å². The van der Waals surface area contributed by atoms with Crippen molar-refractivity contribution >= 4 is 0 Å². The number of hydrogen-bond donors (Lipinski definition) is 0. The molecule has 12 fully saturated rings. The largest absolute Gasteiger partial charge is 0.369 e. The third-order valence-electron chi connectivity index (χ3n) is 18.1. The molecule has 1 saturated heterocycles. The highest BCUT2D eigenvalue weighted by Crippen LogP contribution is 2.81. The molecule has 1 aliphatic heterocycles. The van der Waals surface area contributed by atoms with Gasteiger partial charge in [0.2, 0.25) is 0 Å². The molecule has 0 N–H and O–H groups in total. The molecule has 1 heterocycles. The highest BCUT2D eigenvalue weighted by Gasteiger charge is 2.78. The van der Waals surface area contributed by atoms with Gasteiger partial charge in [0, 0.05) is 0 Å². The Hall–Kier alpha value is -0.0400. The van der Waals surface area contributed by atoms with Gasteiger partial charge in [0.1, 0.15) is 0 Å². The van der Waals surface area contributed by atoms with Crippen molar-refractivity contribution in [3.8, 4) is 0 Å². The molecule has 0 radical (unpaired) electrons. The molecule has 1 nitrogen and oxygen atoms in total. The summed E-state index contributed by atoms with van der Waals surface area (Å²) in [5.74, 6) is 22.8. The monoisotopic (exact) mass is 498 g/mol. The van der Waals surface area contributed by atoms with Crippen molar-refractivity contribution in [1.82, 2.24) is 0 Å². The first-order valence-electron chi connectivity index (χ1n) is 18.0. The molecule has 0 amide bonds. The van der Waals surface area contributed by atoms with Crippen LogP contribution in [0, 0.1) is 118 Å². The van der Waals surface area contributed by atoms with Gasteiger partial charge in [0.05, 0.1) is 12.2 Å². The maximum absolute atomic E-state index is 6.85. The Morgan fingerprint density at radius 2 is 0.784 bits per heavy atom. The predicted molar refractivity (Wildman–Crippen MR) is 143 cm³/mol. The molecule has 11 aliphatic carbocycles. The molecular formula is C36H50O. The Morgan fingerprint density at radius 1 is 0.297 bits per heavy atom. The molecule has 12 aliphatic rings.